The first kappa shape index (κ1) is 14.7. The van der Waals surface area contributed by atoms with Crippen LogP contribution in [-0.4, -0.2) is 36.9 Å². The molecule has 1 rings (SSSR count). The van der Waals surface area contributed by atoms with Crippen molar-refractivity contribution in [3.8, 4) is 0 Å². The zero-order valence-corrected chi connectivity index (χ0v) is 11.2. The van der Waals surface area contributed by atoms with Crippen molar-refractivity contribution in [3.05, 3.63) is 23.7 Å². The van der Waals surface area contributed by atoms with E-state index in [1.165, 1.54) is 0 Å². The molecule has 1 amide bonds. The van der Waals surface area contributed by atoms with E-state index < -0.39 is 5.54 Å². The molecule has 2 N–H and O–H groups in total. The molecule has 0 spiro atoms. The number of carbonyl (C=O) groups excluding carboxylic acids is 1. The zero-order chi connectivity index (χ0) is 13.6. The Morgan fingerprint density at radius 1 is 1.56 bits per heavy atom. The van der Waals surface area contributed by atoms with Crippen molar-refractivity contribution in [3.63, 3.8) is 0 Å². The number of aliphatic hydroxyl groups excluding tert-OH is 1. The zero-order valence-electron chi connectivity index (χ0n) is 11.2. The molecule has 5 heteroatoms. The van der Waals surface area contributed by atoms with Gasteiger partial charge in [0.15, 0.2) is 5.76 Å². The topological polar surface area (TPSA) is 71.7 Å². The van der Waals surface area contributed by atoms with Gasteiger partial charge in [0.2, 0.25) is 0 Å². The van der Waals surface area contributed by atoms with Crippen molar-refractivity contribution in [2.24, 2.45) is 0 Å². The lowest BCUT2D eigenvalue weighted by Gasteiger charge is -2.28. The number of aliphatic hydroxyl groups is 1. The number of carbonyl (C=O) groups is 1. The number of furan rings is 1. The monoisotopic (exact) mass is 255 g/mol. The first-order chi connectivity index (χ1) is 8.54. The summed E-state index contributed by atoms with van der Waals surface area (Å²) in [5.74, 6) is 0.769. The second kappa shape index (κ2) is 6.56. The smallest absolute Gasteiger partial charge is 0.287 e. The molecule has 0 bridgehead atoms. The Kier molecular flexibility index (Phi) is 5.37. The van der Waals surface area contributed by atoms with Gasteiger partial charge in [0.05, 0.1) is 12.1 Å². The van der Waals surface area contributed by atoms with E-state index in [1.54, 1.807) is 19.2 Å². The molecule has 1 aromatic heterocycles. The average Bonchev–Trinajstić information content (AvgIpc) is 2.77. The molecule has 0 saturated carbocycles. The molecule has 0 fully saturated rings. The van der Waals surface area contributed by atoms with Crippen LogP contribution < -0.4 is 5.32 Å². The molecule has 0 saturated heterocycles. The lowest BCUT2D eigenvalue weighted by atomic mass is 9.99. The maximum absolute atomic E-state index is 12.0. The summed E-state index contributed by atoms with van der Waals surface area (Å²) < 4.78 is 10.4. The Morgan fingerprint density at radius 2 is 2.28 bits per heavy atom. The Hall–Kier alpha value is -1.33. The van der Waals surface area contributed by atoms with Crippen LogP contribution in [0.4, 0.5) is 0 Å². The van der Waals surface area contributed by atoms with E-state index in [9.17, 15) is 4.79 Å². The summed E-state index contributed by atoms with van der Waals surface area (Å²) in [7, 11) is 1.56. The molecule has 5 nitrogen and oxygen atoms in total. The maximum atomic E-state index is 12.0. The SMILES string of the molecule is CCc1ccc(C(=O)NC(C)(CCO)COC)o1. The van der Waals surface area contributed by atoms with Crippen molar-refractivity contribution in [1.82, 2.24) is 5.32 Å². The van der Waals surface area contributed by atoms with Crippen molar-refractivity contribution in [2.45, 2.75) is 32.2 Å². The van der Waals surface area contributed by atoms with Gasteiger partial charge in [0.1, 0.15) is 5.76 Å². The average molecular weight is 255 g/mol. The van der Waals surface area contributed by atoms with Crippen LogP contribution in [0, 0.1) is 0 Å². The summed E-state index contributed by atoms with van der Waals surface area (Å²) in [6.07, 6.45) is 1.17. The number of nitrogens with one attached hydrogen (secondary N) is 1. The Morgan fingerprint density at radius 3 is 2.78 bits per heavy atom. The predicted octanol–water partition coefficient (Wildman–Crippen LogP) is 1.36. The second-order valence-electron chi connectivity index (χ2n) is 4.54. The molecule has 1 heterocycles. The third-order valence-corrected chi connectivity index (χ3v) is 2.78. The summed E-state index contributed by atoms with van der Waals surface area (Å²) in [6.45, 7) is 4.11. The minimum absolute atomic E-state index is 0.0154. The van der Waals surface area contributed by atoms with Gasteiger partial charge >= 0.3 is 0 Å². The molecule has 102 valence electrons. The third-order valence-electron chi connectivity index (χ3n) is 2.78. The minimum Gasteiger partial charge on any atom is -0.456 e. The van der Waals surface area contributed by atoms with Crippen LogP contribution in [0.2, 0.25) is 0 Å². The molecule has 0 aliphatic heterocycles. The highest BCUT2D eigenvalue weighted by atomic mass is 16.5. The van der Waals surface area contributed by atoms with Gasteiger partial charge in [-0.2, -0.15) is 0 Å². The fourth-order valence-corrected chi connectivity index (χ4v) is 1.76. The molecule has 1 unspecified atom stereocenters. The number of hydrogen-bond donors (Lipinski definition) is 2. The molecule has 0 aromatic carbocycles. The van der Waals surface area contributed by atoms with Gasteiger partial charge in [-0.25, -0.2) is 0 Å². The number of methoxy groups -OCH3 is 1. The number of ether oxygens (including phenoxy) is 1. The first-order valence-corrected chi connectivity index (χ1v) is 6.05. The van der Waals surface area contributed by atoms with E-state index in [2.05, 4.69) is 5.32 Å². The van der Waals surface area contributed by atoms with Crippen molar-refractivity contribution in [1.29, 1.82) is 0 Å². The van der Waals surface area contributed by atoms with Crippen LogP contribution in [-0.2, 0) is 11.2 Å². The van der Waals surface area contributed by atoms with Gasteiger partial charge in [0.25, 0.3) is 5.91 Å². The van der Waals surface area contributed by atoms with Gasteiger partial charge in [-0.1, -0.05) is 6.92 Å². The lowest BCUT2D eigenvalue weighted by molar-refractivity contribution is 0.0702. The normalized spacial score (nSPS) is 14.2. The second-order valence-corrected chi connectivity index (χ2v) is 4.54. The standard InChI is InChI=1S/C13H21NO4/c1-4-10-5-6-11(18-10)12(16)14-13(2,7-8-15)9-17-3/h5-6,15H,4,7-9H2,1-3H3,(H,14,16). The van der Waals surface area contributed by atoms with E-state index in [0.717, 1.165) is 12.2 Å². The highest BCUT2D eigenvalue weighted by Gasteiger charge is 2.27. The number of hydrogen-bond acceptors (Lipinski definition) is 4. The molecule has 0 aliphatic rings. The van der Waals surface area contributed by atoms with Crippen LogP contribution >= 0.6 is 0 Å². The van der Waals surface area contributed by atoms with Crippen molar-refractivity contribution in [2.75, 3.05) is 20.3 Å². The number of rotatable bonds is 7. The van der Waals surface area contributed by atoms with Crippen LogP contribution in [0.1, 0.15) is 36.6 Å². The fourth-order valence-electron chi connectivity index (χ4n) is 1.76. The van der Waals surface area contributed by atoms with Gasteiger partial charge in [-0.3, -0.25) is 4.79 Å². The fraction of sp³-hybridized carbons (Fsp3) is 0.615. The molecule has 0 aliphatic carbocycles. The van der Waals surface area contributed by atoms with Crippen molar-refractivity contribution >= 4 is 5.91 Å². The highest BCUT2D eigenvalue weighted by Crippen LogP contribution is 2.13. The van der Waals surface area contributed by atoms with Crippen molar-refractivity contribution < 1.29 is 19.1 Å². The van der Waals surface area contributed by atoms with Crippen LogP contribution in [0.25, 0.3) is 0 Å². The highest BCUT2D eigenvalue weighted by molar-refractivity contribution is 5.92. The summed E-state index contributed by atoms with van der Waals surface area (Å²) in [5, 5.41) is 11.9. The summed E-state index contributed by atoms with van der Waals surface area (Å²) in [4.78, 5) is 12.0. The summed E-state index contributed by atoms with van der Waals surface area (Å²) in [5.41, 5.74) is -0.597. The van der Waals surface area contributed by atoms with Crippen LogP contribution in [0.5, 0.6) is 0 Å². The van der Waals surface area contributed by atoms with E-state index >= 15 is 0 Å². The first-order valence-electron chi connectivity index (χ1n) is 6.05. The molecule has 18 heavy (non-hydrogen) atoms. The van der Waals surface area contributed by atoms with E-state index in [4.69, 9.17) is 14.3 Å². The Bertz CT molecular complexity index is 380. The Balaban J connectivity index is 2.71. The summed E-state index contributed by atoms with van der Waals surface area (Å²) >= 11 is 0. The molecular weight excluding hydrogens is 234 g/mol. The minimum atomic E-state index is -0.597. The molecule has 1 atom stereocenters. The number of aryl methyl sites for hydroxylation is 1. The largest absolute Gasteiger partial charge is 0.456 e. The van der Waals surface area contributed by atoms with Crippen LogP contribution in [0.15, 0.2) is 16.5 Å². The van der Waals surface area contributed by atoms with Gasteiger partial charge in [0, 0.05) is 20.1 Å². The van der Waals surface area contributed by atoms with Gasteiger partial charge < -0.3 is 19.6 Å². The van der Waals surface area contributed by atoms with Crippen LogP contribution in [0.3, 0.4) is 0 Å². The maximum Gasteiger partial charge on any atom is 0.287 e. The lowest BCUT2D eigenvalue weighted by Crippen LogP contribution is -2.49. The molecule has 0 radical (unpaired) electrons. The van der Waals surface area contributed by atoms with Gasteiger partial charge in [-0.15, -0.1) is 0 Å². The van der Waals surface area contributed by atoms with E-state index in [1.807, 2.05) is 13.8 Å². The van der Waals surface area contributed by atoms with E-state index in [-0.39, 0.29) is 18.3 Å². The molecule has 1 aromatic rings. The quantitative estimate of drug-likeness (QED) is 0.771. The van der Waals surface area contributed by atoms with E-state index in [0.29, 0.717) is 13.0 Å². The predicted molar refractivity (Wildman–Crippen MR) is 67.5 cm³/mol. The number of amides is 1. The Labute approximate surface area is 107 Å². The van der Waals surface area contributed by atoms with Gasteiger partial charge in [-0.05, 0) is 25.5 Å². The summed E-state index contributed by atoms with van der Waals surface area (Å²) in [6, 6.07) is 3.44. The third kappa shape index (κ3) is 3.85. The molecular formula is C13H21NO4.